The summed E-state index contributed by atoms with van der Waals surface area (Å²) < 4.78 is 0. The Balaban J connectivity index is -0.00000000500. The van der Waals surface area contributed by atoms with Crippen LogP contribution < -0.4 is 0 Å². The van der Waals surface area contributed by atoms with Crippen LogP contribution in [0.2, 0.25) is 0 Å². The zero-order chi connectivity index (χ0) is 2.00. The molecule has 0 aliphatic carbocycles. The first-order valence-corrected chi connectivity index (χ1v) is 1.84. The van der Waals surface area contributed by atoms with Crippen LogP contribution in [0.3, 0.4) is 0 Å². The van der Waals surface area contributed by atoms with Gasteiger partial charge in [-0.15, -0.1) is 0 Å². The van der Waals surface area contributed by atoms with Crippen LogP contribution in [0, 0.1) is 0 Å². The van der Waals surface area contributed by atoms with Crippen molar-refractivity contribution in [2.75, 3.05) is 0 Å². The van der Waals surface area contributed by atoms with E-state index in [1.807, 2.05) is 0 Å². The van der Waals surface area contributed by atoms with E-state index in [2.05, 4.69) is 19.8 Å². The maximum Gasteiger partial charge on any atom is 0 e. The predicted octanol–water partition coefficient (Wildman–Crippen LogP) is 0.208. The molecule has 0 nitrogen and oxygen atoms in total. The van der Waals surface area contributed by atoms with Crippen LogP contribution in [0.1, 0.15) is 0 Å². The molecule has 0 heterocycles. The molecule has 0 aromatic heterocycles. The van der Waals surface area contributed by atoms with Crippen molar-refractivity contribution >= 4 is 45.7 Å². The molecule has 0 fully saturated rings. The summed E-state index contributed by atoms with van der Waals surface area (Å²) in [4.78, 5) is 0. The Kier molecular flexibility index (Phi) is 79.4. The van der Waals surface area contributed by atoms with Crippen LogP contribution in [0.4, 0.5) is 0 Å². The molecule has 0 saturated carbocycles. The summed E-state index contributed by atoms with van der Waals surface area (Å²) in [5, 5.41) is 0. The van der Waals surface area contributed by atoms with E-state index in [1.165, 1.54) is 0 Å². The Hall–Kier alpha value is 2.13. The Morgan fingerprint density at radius 1 is 1.25 bits per heavy atom. The first kappa shape index (κ1) is 16.5. The standard InChI is InChI=1S/Ag.In.HPS/c;;1-2/h;;1H. The van der Waals surface area contributed by atoms with Crippen LogP contribution in [-0.2, 0) is 34.2 Å². The average Bonchev–Trinajstić information content (AvgIpc) is 1.00. The second kappa shape index (κ2) is 19.3. The third-order valence-corrected chi connectivity index (χ3v) is 0. The summed E-state index contributed by atoms with van der Waals surface area (Å²) in [6, 6.07) is 0. The molecule has 0 unspecified atom stereocenters. The molecule has 0 saturated heterocycles. The monoisotopic (exact) mass is 286 g/mol. The van der Waals surface area contributed by atoms with Gasteiger partial charge >= 0.3 is 0 Å². The fraction of sp³-hybridized carbons (Fsp3) is 0. The van der Waals surface area contributed by atoms with Gasteiger partial charge in [-0.1, -0.05) is 11.8 Å². The number of hydrogen-bond donors (Lipinski definition) is 0. The molecule has 0 spiro atoms. The minimum atomic E-state index is 0. The van der Waals surface area contributed by atoms with E-state index in [0.29, 0.717) is 0 Å². The molecule has 0 atom stereocenters. The smallest absolute Gasteiger partial charge is 0 e. The van der Waals surface area contributed by atoms with E-state index >= 15 is 0 Å². The molecule has 4 heavy (non-hydrogen) atoms. The van der Waals surface area contributed by atoms with Crippen molar-refractivity contribution in [3.05, 3.63) is 0 Å². The van der Waals surface area contributed by atoms with Gasteiger partial charge in [0.25, 0.3) is 0 Å². The normalized spacial score (nSPS) is 1.00. The maximum atomic E-state index is 3.89. The molecular formula is HAgInPS. The summed E-state index contributed by atoms with van der Waals surface area (Å²) in [5.41, 5.74) is 0. The quantitative estimate of drug-likeness (QED) is 0.453. The van der Waals surface area contributed by atoms with Crippen LogP contribution in [-0.4, -0.2) is 25.8 Å². The van der Waals surface area contributed by atoms with Gasteiger partial charge in [0, 0.05) is 48.2 Å². The van der Waals surface area contributed by atoms with Gasteiger partial charge in [-0.2, -0.15) is 0 Å². The molecule has 4 heteroatoms. The van der Waals surface area contributed by atoms with Gasteiger partial charge in [0.2, 0.25) is 0 Å². The van der Waals surface area contributed by atoms with Gasteiger partial charge in [0.15, 0.2) is 0 Å². The van der Waals surface area contributed by atoms with Crippen molar-refractivity contribution < 1.29 is 22.4 Å². The fourth-order valence-electron chi connectivity index (χ4n) is 0. The second-order valence-corrected chi connectivity index (χ2v) is 0. The maximum absolute atomic E-state index is 3.89. The molecule has 0 rings (SSSR count). The minimum absolute atomic E-state index is 0. The van der Waals surface area contributed by atoms with Crippen LogP contribution in [0.5, 0.6) is 0 Å². The van der Waals surface area contributed by atoms with Crippen molar-refractivity contribution in [2.24, 2.45) is 0 Å². The van der Waals surface area contributed by atoms with Crippen molar-refractivity contribution in [2.45, 2.75) is 0 Å². The van der Waals surface area contributed by atoms with E-state index < -0.39 is 0 Å². The second-order valence-electron chi connectivity index (χ2n) is 0. The minimum Gasteiger partial charge on any atom is -0.0615 e. The SMILES string of the molecule is P=S.[Ag].[In]. The molecule has 0 N–H and O–H groups in total. The van der Waals surface area contributed by atoms with Crippen molar-refractivity contribution in [1.29, 1.82) is 0 Å². The van der Waals surface area contributed by atoms with E-state index in [9.17, 15) is 0 Å². The number of rotatable bonds is 0. The molecule has 0 amide bonds. The van der Waals surface area contributed by atoms with E-state index in [4.69, 9.17) is 0 Å². The summed E-state index contributed by atoms with van der Waals surface area (Å²) in [6.45, 7) is 0. The first-order chi connectivity index (χ1) is 1.00. The molecule has 0 bridgehead atoms. The van der Waals surface area contributed by atoms with Crippen molar-refractivity contribution in [3.8, 4) is 0 Å². The fourth-order valence-corrected chi connectivity index (χ4v) is 0. The van der Waals surface area contributed by atoms with Crippen LogP contribution in [0.25, 0.3) is 0 Å². The van der Waals surface area contributed by atoms with Gasteiger partial charge in [-0.25, -0.2) is 0 Å². The van der Waals surface area contributed by atoms with E-state index in [-0.39, 0.29) is 48.2 Å². The van der Waals surface area contributed by atoms with Crippen molar-refractivity contribution in [3.63, 3.8) is 0 Å². The average molecular weight is 287 g/mol. The molecule has 0 aromatic rings. The molecule has 0 aliphatic rings. The molecule has 26 valence electrons. The summed E-state index contributed by atoms with van der Waals surface area (Å²) >= 11 is 3.89. The largest absolute Gasteiger partial charge is 0.0615 e. The van der Waals surface area contributed by atoms with Crippen molar-refractivity contribution in [1.82, 2.24) is 0 Å². The third-order valence-electron chi connectivity index (χ3n) is 0. The third kappa shape index (κ3) is 8.92. The van der Waals surface area contributed by atoms with Gasteiger partial charge in [0.1, 0.15) is 0 Å². The first-order valence-electron chi connectivity index (χ1n) is 0.204. The Morgan fingerprint density at radius 3 is 1.25 bits per heavy atom. The van der Waals surface area contributed by atoms with E-state index in [1.54, 1.807) is 0 Å². The van der Waals surface area contributed by atoms with Gasteiger partial charge < -0.3 is 0 Å². The van der Waals surface area contributed by atoms with Crippen LogP contribution in [0.15, 0.2) is 0 Å². The summed E-state index contributed by atoms with van der Waals surface area (Å²) in [5.74, 6) is 0. The summed E-state index contributed by atoms with van der Waals surface area (Å²) in [7, 11) is 2.56. The predicted molar refractivity (Wildman–Crippen MR) is 21.4 cm³/mol. The van der Waals surface area contributed by atoms with Crippen LogP contribution >= 0.6 is 8.02 Å². The van der Waals surface area contributed by atoms with Gasteiger partial charge in [-0.3, -0.25) is 0 Å². The molecule has 0 aliphatic heterocycles. The summed E-state index contributed by atoms with van der Waals surface area (Å²) in [6.07, 6.45) is 0. The van der Waals surface area contributed by atoms with E-state index in [0.717, 1.165) is 0 Å². The zero-order valence-electron chi connectivity index (χ0n) is 1.79. The Morgan fingerprint density at radius 2 is 1.25 bits per heavy atom. The zero-order valence-corrected chi connectivity index (χ0v) is 8.38. The molecule has 4 radical (unpaired) electrons. The number of hydrogen-bond acceptors (Lipinski definition) is 1. The Bertz CT molecular complexity index is 8.00. The molecule has 0 aromatic carbocycles. The topological polar surface area (TPSA) is 0 Å². The Labute approximate surface area is 67.3 Å². The van der Waals surface area contributed by atoms with Gasteiger partial charge in [0.05, 0.1) is 0 Å². The molecular weight excluding hydrogens is 286 g/mol. The van der Waals surface area contributed by atoms with Gasteiger partial charge in [-0.05, 0) is 8.02 Å².